The monoisotopic (exact) mass is 201 g/mol. The van der Waals surface area contributed by atoms with E-state index in [1.807, 2.05) is 0 Å². The first-order valence-electron chi connectivity index (χ1n) is 5.18. The first-order chi connectivity index (χ1) is 6.83. The lowest BCUT2D eigenvalue weighted by Crippen LogP contribution is -2.17. The molecule has 82 valence electrons. The topological polar surface area (TPSA) is 47.6 Å². The van der Waals surface area contributed by atoms with Crippen molar-refractivity contribution in [2.45, 2.75) is 19.3 Å². The minimum Gasteiger partial charge on any atom is -0.467 e. The molecule has 1 rings (SSSR count). The third-order valence-corrected chi connectivity index (χ3v) is 2.50. The third kappa shape index (κ3) is 4.58. The first kappa shape index (κ1) is 11.5. The largest absolute Gasteiger partial charge is 0.467 e. The summed E-state index contributed by atoms with van der Waals surface area (Å²) in [5.41, 5.74) is 0. The maximum absolute atomic E-state index is 10.8. The SMILES string of the molecule is COC(=O)COCC1CCCNCC1. The summed E-state index contributed by atoms with van der Waals surface area (Å²) in [6, 6.07) is 0. The van der Waals surface area contributed by atoms with Gasteiger partial charge in [0.1, 0.15) is 6.61 Å². The van der Waals surface area contributed by atoms with Gasteiger partial charge >= 0.3 is 5.97 Å². The van der Waals surface area contributed by atoms with Crippen LogP contribution in [0, 0.1) is 5.92 Å². The Morgan fingerprint density at radius 2 is 2.29 bits per heavy atom. The zero-order valence-electron chi connectivity index (χ0n) is 8.75. The van der Waals surface area contributed by atoms with E-state index in [2.05, 4.69) is 10.1 Å². The predicted octanol–water partition coefficient (Wildman–Crippen LogP) is 0.566. The maximum atomic E-state index is 10.8. The smallest absolute Gasteiger partial charge is 0.331 e. The Morgan fingerprint density at radius 3 is 3.07 bits per heavy atom. The van der Waals surface area contributed by atoms with Crippen LogP contribution in [0.1, 0.15) is 19.3 Å². The average Bonchev–Trinajstić information content (AvgIpc) is 2.46. The van der Waals surface area contributed by atoms with E-state index in [-0.39, 0.29) is 12.6 Å². The molecule has 0 aromatic carbocycles. The molecule has 0 saturated carbocycles. The molecule has 0 bridgehead atoms. The van der Waals surface area contributed by atoms with Gasteiger partial charge in [0.05, 0.1) is 13.7 Å². The molecule has 0 aliphatic carbocycles. The van der Waals surface area contributed by atoms with Crippen LogP contribution in [-0.2, 0) is 14.3 Å². The van der Waals surface area contributed by atoms with Crippen molar-refractivity contribution in [3.63, 3.8) is 0 Å². The van der Waals surface area contributed by atoms with Crippen LogP contribution in [0.15, 0.2) is 0 Å². The molecule has 0 amide bonds. The lowest BCUT2D eigenvalue weighted by molar-refractivity contribution is -0.146. The van der Waals surface area contributed by atoms with Crippen molar-refractivity contribution in [2.75, 3.05) is 33.4 Å². The van der Waals surface area contributed by atoms with Gasteiger partial charge in [0.25, 0.3) is 0 Å². The average molecular weight is 201 g/mol. The minimum absolute atomic E-state index is 0.0838. The molecule has 1 saturated heterocycles. The summed E-state index contributed by atoms with van der Waals surface area (Å²) in [7, 11) is 1.38. The first-order valence-corrected chi connectivity index (χ1v) is 5.18. The highest BCUT2D eigenvalue weighted by molar-refractivity contribution is 5.70. The van der Waals surface area contributed by atoms with Gasteiger partial charge < -0.3 is 14.8 Å². The van der Waals surface area contributed by atoms with Crippen LogP contribution in [0.2, 0.25) is 0 Å². The van der Waals surface area contributed by atoms with Gasteiger partial charge in [-0.05, 0) is 38.3 Å². The number of rotatable bonds is 4. The second kappa shape index (κ2) is 6.79. The highest BCUT2D eigenvalue weighted by atomic mass is 16.6. The fraction of sp³-hybridized carbons (Fsp3) is 0.900. The summed E-state index contributed by atoms with van der Waals surface area (Å²) in [5.74, 6) is 0.298. The van der Waals surface area contributed by atoms with Crippen LogP contribution in [0.3, 0.4) is 0 Å². The van der Waals surface area contributed by atoms with Crippen LogP contribution >= 0.6 is 0 Å². The van der Waals surface area contributed by atoms with E-state index in [4.69, 9.17) is 4.74 Å². The molecule has 1 heterocycles. The van der Waals surface area contributed by atoms with E-state index in [1.165, 1.54) is 20.0 Å². The summed E-state index contributed by atoms with van der Waals surface area (Å²) >= 11 is 0. The van der Waals surface area contributed by atoms with Crippen LogP contribution in [-0.4, -0.2) is 39.4 Å². The Labute approximate surface area is 85.0 Å². The highest BCUT2D eigenvalue weighted by Gasteiger charge is 2.12. The fourth-order valence-electron chi connectivity index (χ4n) is 1.63. The number of hydrogen-bond acceptors (Lipinski definition) is 4. The van der Waals surface area contributed by atoms with Gasteiger partial charge in [0.15, 0.2) is 0 Å². The number of carbonyl (C=O) groups is 1. The van der Waals surface area contributed by atoms with E-state index in [9.17, 15) is 4.79 Å². The molecule has 1 unspecified atom stereocenters. The van der Waals surface area contributed by atoms with Crippen molar-refractivity contribution in [3.8, 4) is 0 Å². The normalized spacial score (nSPS) is 22.8. The number of carbonyl (C=O) groups excluding carboxylic acids is 1. The maximum Gasteiger partial charge on any atom is 0.331 e. The van der Waals surface area contributed by atoms with E-state index in [0.29, 0.717) is 12.5 Å². The zero-order valence-corrected chi connectivity index (χ0v) is 8.75. The minimum atomic E-state index is -0.295. The summed E-state index contributed by atoms with van der Waals surface area (Å²) in [6.07, 6.45) is 3.53. The molecule has 14 heavy (non-hydrogen) atoms. The van der Waals surface area contributed by atoms with Gasteiger partial charge in [-0.2, -0.15) is 0 Å². The van der Waals surface area contributed by atoms with Gasteiger partial charge in [0, 0.05) is 0 Å². The standard InChI is InChI=1S/C10H19NO3/c1-13-10(12)8-14-7-9-3-2-5-11-6-4-9/h9,11H,2-8H2,1H3. The van der Waals surface area contributed by atoms with Crippen molar-refractivity contribution < 1.29 is 14.3 Å². The molecule has 1 fully saturated rings. The van der Waals surface area contributed by atoms with Crippen molar-refractivity contribution in [1.29, 1.82) is 0 Å². The summed E-state index contributed by atoms with van der Waals surface area (Å²) in [4.78, 5) is 10.8. The number of ether oxygens (including phenoxy) is 2. The molecule has 0 aromatic rings. The number of esters is 1. The second-order valence-corrected chi connectivity index (χ2v) is 3.64. The second-order valence-electron chi connectivity index (χ2n) is 3.64. The van der Waals surface area contributed by atoms with Crippen molar-refractivity contribution in [3.05, 3.63) is 0 Å². The quantitative estimate of drug-likeness (QED) is 0.675. The Bertz CT molecular complexity index is 165. The Balaban J connectivity index is 2.07. The van der Waals surface area contributed by atoms with Gasteiger partial charge in [-0.1, -0.05) is 0 Å². The van der Waals surface area contributed by atoms with E-state index >= 15 is 0 Å². The molecule has 0 spiro atoms. The number of methoxy groups -OCH3 is 1. The molecule has 1 aliphatic heterocycles. The van der Waals surface area contributed by atoms with Crippen molar-refractivity contribution in [2.24, 2.45) is 5.92 Å². The van der Waals surface area contributed by atoms with Crippen LogP contribution < -0.4 is 5.32 Å². The van der Waals surface area contributed by atoms with Crippen LogP contribution in [0.4, 0.5) is 0 Å². The molecule has 4 heteroatoms. The summed E-state index contributed by atoms with van der Waals surface area (Å²) in [6.45, 7) is 2.93. The Morgan fingerprint density at radius 1 is 1.43 bits per heavy atom. The molecule has 0 radical (unpaired) electrons. The van der Waals surface area contributed by atoms with Crippen molar-refractivity contribution in [1.82, 2.24) is 5.32 Å². The zero-order chi connectivity index (χ0) is 10.2. The molecule has 0 aromatic heterocycles. The van der Waals surface area contributed by atoms with E-state index < -0.39 is 0 Å². The molecular weight excluding hydrogens is 182 g/mol. The van der Waals surface area contributed by atoms with Crippen LogP contribution in [0.25, 0.3) is 0 Å². The molecule has 4 nitrogen and oxygen atoms in total. The predicted molar refractivity (Wildman–Crippen MR) is 53.0 cm³/mol. The highest BCUT2D eigenvalue weighted by Crippen LogP contribution is 2.13. The van der Waals surface area contributed by atoms with Crippen molar-refractivity contribution >= 4 is 5.97 Å². The molecule has 1 aliphatic rings. The van der Waals surface area contributed by atoms with E-state index in [0.717, 1.165) is 19.5 Å². The molecule has 1 atom stereocenters. The fourth-order valence-corrected chi connectivity index (χ4v) is 1.63. The summed E-state index contributed by atoms with van der Waals surface area (Å²) < 4.78 is 9.77. The van der Waals surface area contributed by atoms with Gasteiger partial charge in [-0.3, -0.25) is 0 Å². The van der Waals surface area contributed by atoms with Gasteiger partial charge in [-0.15, -0.1) is 0 Å². The number of nitrogens with one attached hydrogen (secondary N) is 1. The Kier molecular flexibility index (Phi) is 5.56. The lowest BCUT2D eigenvalue weighted by atomic mass is 10.0. The lowest BCUT2D eigenvalue weighted by Gasteiger charge is -2.12. The molecule has 1 N–H and O–H groups in total. The third-order valence-electron chi connectivity index (χ3n) is 2.50. The van der Waals surface area contributed by atoms with Crippen LogP contribution in [0.5, 0.6) is 0 Å². The summed E-state index contributed by atoms with van der Waals surface area (Å²) in [5, 5.41) is 3.34. The Hall–Kier alpha value is -0.610. The van der Waals surface area contributed by atoms with Gasteiger partial charge in [-0.25, -0.2) is 4.79 Å². The number of hydrogen-bond donors (Lipinski definition) is 1. The van der Waals surface area contributed by atoms with E-state index in [1.54, 1.807) is 0 Å². The molecular formula is C10H19NO3. The van der Waals surface area contributed by atoms with Gasteiger partial charge in [0.2, 0.25) is 0 Å².